The molecule has 3 heterocycles. The second kappa shape index (κ2) is 9.18. The van der Waals surface area contributed by atoms with Crippen molar-refractivity contribution in [2.75, 3.05) is 0 Å². The van der Waals surface area contributed by atoms with Crippen LogP contribution < -0.4 is 0 Å². The van der Waals surface area contributed by atoms with Crippen molar-refractivity contribution in [3.8, 4) is 0 Å². The molecule has 3 aromatic rings. The second-order valence-electron chi connectivity index (χ2n) is 10.8. The molecule has 0 radical (unpaired) electrons. The summed E-state index contributed by atoms with van der Waals surface area (Å²) in [6.45, 7) is 10.3. The summed E-state index contributed by atoms with van der Waals surface area (Å²) in [6, 6.07) is 6.92. The lowest BCUT2D eigenvalue weighted by molar-refractivity contribution is -0.150. The zero-order chi connectivity index (χ0) is 25.5. The Morgan fingerprint density at radius 3 is 2.37 bits per heavy atom. The van der Waals surface area contributed by atoms with E-state index >= 15 is 0 Å². The number of carbonyl (C=O) groups is 2. The Morgan fingerprint density at radius 2 is 1.89 bits per heavy atom. The topological polar surface area (TPSA) is 101 Å². The molecule has 0 spiro atoms. The number of carbonyl (C=O) groups excluding carboxylic acids is 1. The molecule has 1 aliphatic heterocycles. The highest BCUT2D eigenvalue weighted by Gasteiger charge is 2.60. The van der Waals surface area contributed by atoms with Gasteiger partial charge in [-0.3, -0.25) is 9.48 Å². The van der Waals surface area contributed by atoms with Crippen molar-refractivity contribution in [2.45, 2.75) is 70.4 Å². The molecular weight excluding hydrogens is 462 g/mol. The van der Waals surface area contributed by atoms with Gasteiger partial charge < -0.3 is 10.0 Å². The van der Waals surface area contributed by atoms with Gasteiger partial charge in [-0.05, 0) is 41.9 Å². The molecule has 1 aromatic carbocycles. The number of benzene rings is 1. The highest BCUT2D eigenvalue weighted by atomic mass is 32.1. The van der Waals surface area contributed by atoms with Gasteiger partial charge in [0.15, 0.2) is 5.82 Å². The SMILES string of the molecule is CC(C)C[C@@]1(C(=O)O)C[C@@H](c2ncn(C)n2)[C@H](c2nccs2)N1C(=O)c1ccc(C(C)(C)C)cc1. The van der Waals surface area contributed by atoms with Crippen LogP contribution >= 0.6 is 11.3 Å². The predicted octanol–water partition coefficient (Wildman–Crippen LogP) is 4.81. The van der Waals surface area contributed by atoms with Gasteiger partial charge in [0.25, 0.3) is 5.91 Å². The van der Waals surface area contributed by atoms with E-state index in [1.165, 1.54) is 11.3 Å². The van der Waals surface area contributed by atoms with Crippen molar-refractivity contribution in [3.05, 3.63) is 64.1 Å². The first-order valence-corrected chi connectivity index (χ1v) is 12.7. The average molecular weight is 496 g/mol. The third-order valence-electron chi connectivity index (χ3n) is 6.69. The molecule has 186 valence electrons. The maximum atomic E-state index is 14.2. The van der Waals surface area contributed by atoms with Crippen LogP contribution in [-0.4, -0.2) is 47.2 Å². The van der Waals surface area contributed by atoms with Crippen molar-refractivity contribution >= 4 is 23.2 Å². The highest BCUT2D eigenvalue weighted by molar-refractivity contribution is 7.09. The number of hydrogen-bond donors (Lipinski definition) is 1. The van der Waals surface area contributed by atoms with E-state index in [9.17, 15) is 14.7 Å². The van der Waals surface area contributed by atoms with Crippen molar-refractivity contribution in [3.63, 3.8) is 0 Å². The first-order valence-electron chi connectivity index (χ1n) is 11.9. The zero-order valence-corrected chi connectivity index (χ0v) is 21.9. The Hall–Kier alpha value is -3.07. The molecule has 3 atom stereocenters. The summed E-state index contributed by atoms with van der Waals surface area (Å²) in [5.41, 5.74) is 0.100. The van der Waals surface area contributed by atoms with Crippen LogP contribution in [0.2, 0.25) is 0 Å². The van der Waals surface area contributed by atoms with Crippen molar-refractivity contribution in [1.82, 2.24) is 24.6 Å². The van der Waals surface area contributed by atoms with E-state index in [0.717, 1.165) is 5.56 Å². The Kier molecular flexibility index (Phi) is 6.57. The van der Waals surface area contributed by atoms with E-state index in [1.807, 2.05) is 31.4 Å². The molecule has 1 N–H and O–H groups in total. The molecule has 2 aromatic heterocycles. The summed E-state index contributed by atoms with van der Waals surface area (Å²) in [5, 5.41) is 17.7. The molecule has 1 fully saturated rings. The lowest BCUT2D eigenvalue weighted by atomic mass is 9.83. The lowest BCUT2D eigenvalue weighted by Crippen LogP contribution is -2.54. The third kappa shape index (κ3) is 4.61. The Labute approximate surface area is 210 Å². The molecule has 9 heteroatoms. The number of likely N-dealkylation sites (tertiary alicyclic amines) is 1. The number of thiazole rings is 1. The Bertz CT molecular complexity index is 1200. The minimum atomic E-state index is -1.41. The number of carboxylic acids is 1. The molecule has 8 nitrogen and oxygen atoms in total. The van der Waals surface area contributed by atoms with Crippen LogP contribution in [-0.2, 0) is 17.3 Å². The molecule has 0 aliphatic carbocycles. The Morgan fingerprint density at radius 1 is 1.20 bits per heavy atom. The third-order valence-corrected chi connectivity index (χ3v) is 7.54. The van der Waals surface area contributed by atoms with Gasteiger partial charge >= 0.3 is 5.97 Å². The van der Waals surface area contributed by atoms with Gasteiger partial charge in [0, 0.05) is 24.2 Å². The number of aliphatic carboxylic acids is 1. The molecule has 35 heavy (non-hydrogen) atoms. The van der Waals surface area contributed by atoms with Crippen LogP contribution in [0, 0.1) is 5.92 Å². The maximum absolute atomic E-state index is 14.2. The molecule has 1 saturated heterocycles. The molecule has 0 unspecified atom stereocenters. The Balaban J connectivity index is 1.89. The molecule has 4 rings (SSSR count). The first-order chi connectivity index (χ1) is 16.4. The summed E-state index contributed by atoms with van der Waals surface area (Å²) >= 11 is 1.42. The fraction of sp³-hybridized carbons (Fsp3) is 0.500. The van der Waals surface area contributed by atoms with Crippen LogP contribution in [0.4, 0.5) is 0 Å². The number of rotatable bonds is 6. The summed E-state index contributed by atoms with van der Waals surface area (Å²) < 4.78 is 1.61. The number of nitrogens with zero attached hydrogens (tertiary/aromatic N) is 5. The number of amides is 1. The highest BCUT2D eigenvalue weighted by Crippen LogP contribution is 2.54. The van der Waals surface area contributed by atoms with E-state index in [4.69, 9.17) is 0 Å². The van der Waals surface area contributed by atoms with Gasteiger partial charge in [-0.2, -0.15) is 5.10 Å². The molecular formula is C26H33N5O3S. The average Bonchev–Trinajstić information content (AvgIpc) is 3.51. The smallest absolute Gasteiger partial charge is 0.329 e. The minimum absolute atomic E-state index is 0.0528. The predicted molar refractivity (Wildman–Crippen MR) is 134 cm³/mol. The maximum Gasteiger partial charge on any atom is 0.329 e. The molecule has 1 amide bonds. The zero-order valence-electron chi connectivity index (χ0n) is 21.1. The number of aryl methyl sites for hydroxylation is 1. The van der Waals surface area contributed by atoms with E-state index in [1.54, 1.807) is 41.3 Å². The number of aromatic nitrogens is 4. The number of hydrogen-bond acceptors (Lipinski definition) is 6. The molecule has 0 bridgehead atoms. The first kappa shape index (κ1) is 25.0. The van der Waals surface area contributed by atoms with Crippen molar-refractivity contribution < 1.29 is 14.7 Å². The molecule has 0 saturated carbocycles. The van der Waals surface area contributed by atoms with Gasteiger partial charge in [-0.25, -0.2) is 14.8 Å². The van der Waals surface area contributed by atoms with Crippen LogP contribution in [0.25, 0.3) is 0 Å². The van der Waals surface area contributed by atoms with Crippen LogP contribution in [0.15, 0.2) is 42.2 Å². The fourth-order valence-corrected chi connectivity index (χ4v) is 5.94. The second-order valence-corrected chi connectivity index (χ2v) is 11.8. The summed E-state index contributed by atoms with van der Waals surface area (Å²) in [7, 11) is 1.78. The van der Waals surface area contributed by atoms with Crippen LogP contribution in [0.5, 0.6) is 0 Å². The van der Waals surface area contributed by atoms with Gasteiger partial charge in [0.2, 0.25) is 0 Å². The van der Waals surface area contributed by atoms with Crippen molar-refractivity contribution in [2.24, 2.45) is 13.0 Å². The van der Waals surface area contributed by atoms with E-state index < -0.39 is 23.5 Å². The van der Waals surface area contributed by atoms with E-state index in [-0.39, 0.29) is 23.7 Å². The minimum Gasteiger partial charge on any atom is -0.479 e. The number of carboxylic acid groups (broad SMARTS) is 1. The molecule has 1 aliphatic rings. The summed E-state index contributed by atoms with van der Waals surface area (Å²) in [5.74, 6) is -1.13. The summed E-state index contributed by atoms with van der Waals surface area (Å²) in [4.78, 5) is 37.8. The van der Waals surface area contributed by atoms with Gasteiger partial charge in [0.05, 0.1) is 12.0 Å². The van der Waals surface area contributed by atoms with Gasteiger partial charge in [-0.1, -0.05) is 46.8 Å². The lowest BCUT2D eigenvalue weighted by Gasteiger charge is -2.38. The monoisotopic (exact) mass is 495 g/mol. The van der Waals surface area contributed by atoms with Gasteiger partial charge in [0.1, 0.15) is 16.9 Å². The van der Waals surface area contributed by atoms with E-state index in [0.29, 0.717) is 22.8 Å². The normalized spacial score (nSPS) is 22.7. The van der Waals surface area contributed by atoms with Crippen molar-refractivity contribution in [1.29, 1.82) is 0 Å². The van der Waals surface area contributed by atoms with Crippen LogP contribution in [0.1, 0.15) is 86.2 Å². The van der Waals surface area contributed by atoms with E-state index in [2.05, 4.69) is 35.8 Å². The quantitative estimate of drug-likeness (QED) is 0.527. The fourth-order valence-electron chi connectivity index (χ4n) is 5.15. The van der Waals surface area contributed by atoms with Crippen LogP contribution in [0.3, 0.4) is 0 Å². The summed E-state index contributed by atoms with van der Waals surface area (Å²) in [6.07, 6.45) is 3.84. The standard InChI is InChI=1S/C26H33N5O3S/c1-16(2)13-26(24(33)34)14-19(21-28-15-30(6)29-21)20(22-27-11-12-35-22)31(26)23(32)17-7-9-18(10-8-17)25(3,4)5/h7-12,15-16,19-20H,13-14H2,1-6H3,(H,33,34)/t19-,20-,26+/m1/s1. The largest absolute Gasteiger partial charge is 0.479 e. The van der Waals surface area contributed by atoms with Gasteiger partial charge in [-0.15, -0.1) is 11.3 Å².